The molecule has 0 aliphatic carbocycles. The number of aryl methyl sites for hydroxylation is 2. The number of carbonyl (C=O) groups excluding carboxylic acids is 1. The lowest BCUT2D eigenvalue weighted by molar-refractivity contribution is -0.122. The van der Waals surface area contributed by atoms with Crippen LogP contribution in [0.1, 0.15) is 39.1 Å². The van der Waals surface area contributed by atoms with Gasteiger partial charge >= 0.3 is 5.69 Å². The van der Waals surface area contributed by atoms with Crippen LogP contribution in [0.15, 0.2) is 58.1 Å². The minimum absolute atomic E-state index is 0.0365. The van der Waals surface area contributed by atoms with Gasteiger partial charge in [0.25, 0.3) is 0 Å². The van der Waals surface area contributed by atoms with E-state index in [9.17, 15) is 9.59 Å². The Morgan fingerprint density at radius 3 is 2.44 bits per heavy atom. The molecule has 1 unspecified atom stereocenters. The number of amides is 1. The molecule has 9 nitrogen and oxygen atoms in total. The fraction of sp³-hybridized carbons (Fsp3) is 0.348. The summed E-state index contributed by atoms with van der Waals surface area (Å²) in [6.45, 7) is 6.74. The van der Waals surface area contributed by atoms with Gasteiger partial charge in [0.05, 0.1) is 11.0 Å². The molecule has 3 aromatic heterocycles. The number of para-hydroxylation sites is 2. The molecule has 0 aliphatic heterocycles. The number of pyridine rings is 1. The van der Waals surface area contributed by atoms with Crippen LogP contribution in [0, 0.1) is 5.92 Å². The van der Waals surface area contributed by atoms with Crippen LogP contribution in [0.2, 0.25) is 0 Å². The molecule has 4 rings (SSSR count). The summed E-state index contributed by atoms with van der Waals surface area (Å²) < 4.78 is 8.81. The molecule has 1 amide bonds. The van der Waals surface area contributed by atoms with Gasteiger partial charge in [-0.15, -0.1) is 0 Å². The van der Waals surface area contributed by atoms with Crippen LogP contribution in [0.4, 0.5) is 0 Å². The molecule has 1 N–H and O–H groups in total. The van der Waals surface area contributed by atoms with Gasteiger partial charge in [-0.05, 0) is 37.1 Å². The van der Waals surface area contributed by atoms with Gasteiger partial charge in [0.1, 0.15) is 6.04 Å². The Hall–Kier alpha value is -3.75. The van der Waals surface area contributed by atoms with Crippen LogP contribution < -0.4 is 11.0 Å². The standard InChI is InChI=1S/C23H26N6O3/c1-4-28-17-7-5-6-8-18(17)29(23(28)31)14-11-19(30)25-20(15(2)3)22-26-21(27-32-22)16-9-12-24-13-10-16/h5-10,12-13,15,20H,4,11,14H2,1-3H3,(H,25,30). The highest BCUT2D eigenvalue weighted by Gasteiger charge is 2.25. The second kappa shape index (κ2) is 9.17. The first-order chi connectivity index (χ1) is 15.5. The number of hydrogen-bond acceptors (Lipinski definition) is 6. The van der Waals surface area contributed by atoms with E-state index in [0.29, 0.717) is 18.3 Å². The minimum atomic E-state index is -0.431. The van der Waals surface area contributed by atoms with E-state index in [0.717, 1.165) is 16.6 Å². The summed E-state index contributed by atoms with van der Waals surface area (Å²) in [5.41, 5.74) is 2.37. The molecule has 1 aromatic carbocycles. The van der Waals surface area contributed by atoms with Crippen molar-refractivity contribution in [1.82, 2.24) is 29.6 Å². The molecule has 0 radical (unpaired) electrons. The Morgan fingerprint density at radius 1 is 1.09 bits per heavy atom. The van der Waals surface area contributed by atoms with Crippen molar-refractivity contribution in [1.29, 1.82) is 0 Å². The normalized spacial score (nSPS) is 12.4. The van der Waals surface area contributed by atoms with Gasteiger partial charge in [0, 0.05) is 37.5 Å². The van der Waals surface area contributed by atoms with Crippen molar-refractivity contribution in [2.24, 2.45) is 5.92 Å². The summed E-state index contributed by atoms with van der Waals surface area (Å²) in [6, 6.07) is 10.8. The molecule has 0 bridgehead atoms. The molecule has 0 saturated heterocycles. The zero-order chi connectivity index (χ0) is 22.7. The zero-order valence-corrected chi connectivity index (χ0v) is 18.4. The number of fused-ring (bicyclic) bond motifs is 1. The van der Waals surface area contributed by atoms with Crippen LogP contribution >= 0.6 is 0 Å². The quantitative estimate of drug-likeness (QED) is 0.456. The zero-order valence-electron chi connectivity index (χ0n) is 18.4. The summed E-state index contributed by atoms with van der Waals surface area (Å²) in [4.78, 5) is 34.0. The number of nitrogens with one attached hydrogen (secondary N) is 1. The number of nitrogens with zero attached hydrogens (tertiary/aromatic N) is 5. The van der Waals surface area contributed by atoms with E-state index < -0.39 is 6.04 Å². The second-order valence-electron chi connectivity index (χ2n) is 7.90. The monoisotopic (exact) mass is 434 g/mol. The summed E-state index contributed by atoms with van der Waals surface area (Å²) in [5.74, 6) is 0.642. The molecule has 166 valence electrons. The lowest BCUT2D eigenvalue weighted by atomic mass is 10.0. The fourth-order valence-corrected chi connectivity index (χ4v) is 3.75. The van der Waals surface area contributed by atoms with E-state index in [1.165, 1.54) is 0 Å². The maximum absolute atomic E-state index is 12.8. The van der Waals surface area contributed by atoms with Crippen LogP contribution in [0.3, 0.4) is 0 Å². The number of hydrogen-bond donors (Lipinski definition) is 1. The maximum Gasteiger partial charge on any atom is 0.329 e. The number of benzene rings is 1. The van der Waals surface area contributed by atoms with Gasteiger partial charge in [0.2, 0.25) is 17.6 Å². The van der Waals surface area contributed by atoms with E-state index in [4.69, 9.17) is 4.52 Å². The molecule has 0 fully saturated rings. The highest BCUT2D eigenvalue weighted by atomic mass is 16.5. The van der Waals surface area contributed by atoms with Crippen LogP contribution in [-0.2, 0) is 17.9 Å². The predicted molar refractivity (Wildman–Crippen MR) is 120 cm³/mol. The van der Waals surface area contributed by atoms with Crippen LogP contribution in [-0.4, -0.2) is 30.2 Å². The molecule has 1 atom stereocenters. The Labute approximate surface area is 185 Å². The molecular weight excluding hydrogens is 408 g/mol. The summed E-state index contributed by atoms with van der Waals surface area (Å²) in [5, 5.41) is 7.02. The van der Waals surface area contributed by atoms with Gasteiger partial charge in [-0.3, -0.25) is 18.9 Å². The SMILES string of the molecule is CCn1c(=O)n(CCC(=O)NC(c2nc(-c3ccncc3)no2)C(C)C)c2ccccc21. The third kappa shape index (κ3) is 4.18. The average molecular weight is 435 g/mol. The topological polar surface area (TPSA) is 108 Å². The van der Waals surface area contributed by atoms with Crippen molar-refractivity contribution in [2.45, 2.75) is 46.3 Å². The largest absolute Gasteiger partial charge is 0.344 e. The molecular formula is C23H26N6O3. The smallest absolute Gasteiger partial charge is 0.329 e. The Balaban J connectivity index is 1.48. The first-order valence-electron chi connectivity index (χ1n) is 10.7. The first-order valence-corrected chi connectivity index (χ1v) is 10.7. The highest BCUT2D eigenvalue weighted by Crippen LogP contribution is 2.23. The Bertz CT molecular complexity index is 1270. The maximum atomic E-state index is 12.8. The average Bonchev–Trinajstić information content (AvgIpc) is 3.39. The van der Waals surface area contributed by atoms with E-state index in [-0.39, 0.29) is 30.5 Å². The highest BCUT2D eigenvalue weighted by molar-refractivity contribution is 5.78. The van der Waals surface area contributed by atoms with Gasteiger partial charge in [-0.2, -0.15) is 4.98 Å². The van der Waals surface area contributed by atoms with Crippen LogP contribution in [0.5, 0.6) is 0 Å². The predicted octanol–water partition coefficient (Wildman–Crippen LogP) is 3.17. The first kappa shape index (κ1) is 21.5. The van der Waals surface area contributed by atoms with Crippen molar-refractivity contribution < 1.29 is 9.32 Å². The third-order valence-electron chi connectivity index (χ3n) is 5.43. The van der Waals surface area contributed by atoms with Crippen LogP contribution in [0.25, 0.3) is 22.4 Å². The molecule has 32 heavy (non-hydrogen) atoms. The Morgan fingerprint density at radius 2 is 1.78 bits per heavy atom. The van der Waals surface area contributed by atoms with E-state index in [1.807, 2.05) is 45.0 Å². The van der Waals surface area contributed by atoms with Gasteiger partial charge in [-0.25, -0.2) is 4.79 Å². The van der Waals surface area contributed by atoms with Gasteiger partial charge < -0.3 is 9.84 Å². The number of aromatic nitrogens is 5. The second-order valence-corrected chi connectivity index (χ2v) is 7.90. The molecule has 0 saturated carbocycles. The summed E-state index contributed by atoms with van der Waals surface area (Å²) >= 11 is 0. The molecule has 4 aromatic rings. The lowest BCUT2D eigenvalue weighted by Gasteiger charge is -2.18. The molecule has 9 heteroatoms. The van der Waals surface area contributed by atoms with Crippen molar-refractivity contribution in [2.75, 3.05) is 0 Å². The molecule has 0 aliphatic rings. The minimum Gasteiger partial charge on any atom is -0.344 e. The summed E-state index contributed by atoms with van der Waals surface area (Å²) in [7, 11) is 0. The van der Waals surface area contributed by atoms with Crippen molar-refractivity contribution >= 4 is 16.9 Å². The number of carbonyl (C=O) groups is 1. The number of imidazole rings is 1. The third-order valence-corrected chi connectivity index (χ3v) is 5.43. The van der Waals surface area contributed by atoms with E-state index in [1.54, 1.807) is 33.7 Å². The molecule has 0 spiro atoms. The summed E-state index contributed by atoms with van der Waals surface area (Å²) in [6.07, 6.45) is 3.47. The van der Waals surface area contributed by atoms with E-state index >= 15 is 0 Å². The molecule has 3 heterocycles. The van der Waals surface area contributed by atoms with Gasteiger partial charge in [-0.1, -0.05) is 31.1 Å². The fourth-order valence-electron chi connectivity index (χ4n) is 3.75. The lowest BCUT2D eigenvalue weighted by Crippen LogP contribution is -2.33. The number of rotatable bonds is 8. The van der Waals surface area contributed by atoms with Crippen molar-refractivity contribution in [3.8, 4) is 11.4 Å². The van der Waals surface area contributed by atoms with Crippen molar-refractivity contribution in [3.63, 3.8) is 0 Å². The van der Waals surface area contributed by atoms with E-state index in [2.05, 4.69) is 20.4 Å². The Kier molecular flexibility index (Phi) is 6.16. The van der Waals surface area contributed by atoms with Gasteiger partial charge in [0.15, 0.2) is 0 Å². The van der Waals surface area contributed by atoms with Crippen molar-refractivity contribution in [3.05, 3.63) is 65.2 Å².